The Bertz CT molecular complexity index is 844. The molecule has 0 aliphatic rings. The van der Waals surface area contributed by atoms with Crippen LogP contribution in [0.1, 0.15) is 76.0 Å². The highest BCUT2D eigenvalue weighted by atomic mass is 16.5. The Balaban J connectivity index is 3.01. The fraction of sp³-hybridized carbons (Fsp3) is 0.600. The van der Waals surface area contributed by atoms with Crippen molar-refractivity contribution in [3.05, 3.63) is 53.1 Å². The van der Waals surface area contributed by atoms with E-state index < -0.39 is 17.4 Å². The second-order valence-electron chi connectivity index (χ2n) is 9.97. The van der Waals surface area contributed by atoms with E-state index in [2.05, 4.69) is 32.2 Å². The van der Waals surface area contributed by atoms with Gasteiger partial charge in [-0.05, 0) is 70.4 Å². The van der Waals surface area contributed by atoms with Crippen LogP contribution >= 0.6 is 0 Å². The van der Waals surface area contributed by atoms with Crippen molar-refractivity contribution in [1.29, 1.82) is 0 Å². The molecule has 0 amide bonds. The highest BCUT2D eigenvalue weighted by molar-refractivity contribution is 5.87. The maximum Gasteiger partial charge on any atom is 0.333 e. The van der Waals surface area contributed by atoms with Gasteiger partial charge in [0.25, 0.3) is 0 Å². The molecule has 0 saturated carbocycles. The minimum atomic E-state index is -0.575. The van der Waals surface area contributed by atoms with Crippen LogP contribution in [0, 0.1) is 12.3 Å². The monoisotopic (exact) mass is 518 g/mol. The Kier molecular flexibility index (Phi) is 14.9. The van der Waals surface area contributed by atoms with Crippen LogP contribution in [0.5, 0.6) is 5.75 Å². The van der Waals surface area contributed by atoms with E-state index in [0.717, 1.165) is 41.7 Å². The van der Waals surface area contributed by atoms with E-state index in [0.29, 0.717) is 49.9 Å². The van der Waals surface area contributed by atoms with Gasteiger partial charge < -0.3 is 24.4 Å². The van der Waals surface area contributed by atoms with Crippen molar-refractivity contribution < 1.29 is 34.0 Å². The lowest BCUT2D eigenvalue weighted by Crippen LogP contribution is -2.32. The molecule has 7 heteroatoms. The number of esters is 2. The van der Waals surface area contributed by atoms with Crippen LogP contribution in [0.4, 0.5) is 0 Å². The molecular formula is C30H46O7. The van der Waals surface area contributed by atoms with E-state index in [1.165, 1.54) is 0 Å². The standard InChI is InChI=1S/C30H46O7/c1-7-8-13-30(20-31,21-32)14-17-35-27-25(11-9-15-36-28(33)22(2)3)18-24(6)19-26(27)12-10-16-37-29(34)23(4)5/h18-19,31-32H,2,4,7-17,20-21H2,1,3,5-6H3. The first-order valence-corrected chi connectivity index (χ1v) is 13.2. The number of ether oxygens (including phenoxy) is 3. The van der Waals surface area contributed by atoms with E-state index in [1.807, 2.05) is 6.92 Å². The third-order valence-corrected chi connectivity index (χ3v) is 6.34. The summed E-state index contributed by atoms with van der Waals surface area (Å²) < 4.78 is 16.8. The fourth-order valence-corrected chi connectivity index (χ4v) is 4.00. The molecule has 0 bridgehead atoms. The molecule has 37 heavy (non-hydrogen) atoms. The average Bonchev–Trinajstić information content (AvgIpc) is 2.87. The smallest absolute Gasteiger partial charge is 0.333 e. The maximum atomic E-state index is 11.7. The molecule has 0 aliphatic heterocycles. The number of aliphatic hydroxyl groups excluding tert-OH is 2. The minimum Gasteiger partial charge on any atom is -0.493 e. The van der Waals surface area contributed by atoms with Crippen molar-refractivity contribution in [3.8, 4) is 5.75 Å². The molecule has 0 fully saturated rings. The first kappa shape index (κ1) is 32.4. The lowest BCUT2D eigenvalue weighted by molar-refractivity contribution is -0.139. The summed E-state index contributed by atoms with van der Waals surface area (Å²) >= 11 is 0. The van der Waals surface area contributed by atoms with Gasteiger partial charge in [-0.3, -0.25) is 0 Å². The number of carbonyl (C=O) groups is 2. The Morgan fingerprint density at radius 2 is 1.32 bits per heavy atom. The Morgan fingerprint density at radius 3 is 1.73 bits per heavy atom. The summed E-state index contributed by atoms with van der Waals surface area (Å²) in [6, 6.07) is 4.14. The van der Waals surface area contributed by atoms with Crippen molar-refractivity contribution in [3.63, 3.8) is 0 Å². The SMILES string of the molecule is C=C(C)C(=O)OCCCc1cc(C)cc(CCCOC(=O)C(=C)C)c1OCCC(CO)(CO)CCCC. The molecule has 0 aromatic heterocycles. The second kappa shape index (κ2) is 17.0. The zero-order valence-corrected chi connectivity index (χ0v) is 23.2. The van der Waals surface area contributed by atoms with Gasteiger partial charge in [0.05, 0.1) is 33.0 Å². The van der Waals surface area contributed by atoms with Gasteiger partial charge in [0, 0.05) is 16.6 Å². The maximum absolute atomic E-state index is 11.7. The minimum absolute atomic E-state index is 0.0946. The van der Waals surface area contributed by atoms with Crippen LogP contribution in [-0.4, -0.2) is 55.2 Å². The third kappa shape index (κ3) is 11.5. The number of aliphatic hydroxyl groups is 2. The highest BCUT2D eigenvalue weighted by Crippen LogP contribution is 2.32. The molecule has 1 rings (SSSR count). The molecule has 0 unspecified atom stereocenters. The quantitative estimate of drug-likeness (QED) is 0.150. The van der Waals surface area contributed by atoms with Gasteiger partial charge in [0.2, 0.25) is 0 Å². The fourth-order valence-electron chi connectivity index (χ4n) is 4.00. The molecule has 0 aliphatic carbocycles. The zero-order chi connectivity index (χ0) is 27.8. The lowest BCUT2D eigenvalue weighted by Gasteiger charge is -2.30. The summed E-state index contributed by atoms with van der Waals surface area (Å²) in [5.74, 6) is -0.0346. The van der Waals surface area contributed by atoms with Gasteiger partial charge in [0.1, 0.15) is 5.75 Å². The summed E-state index contributed by atoms with van der Waals surface area (Å²) in [6.45, 7) is 15.3. The number of rotatable bonds is 19. The molecule has 0 radical (unpaired) electrons. The van der Waals surface area contributed by atoms with Gasteiger partial charge in [-0.15, -0.1) is 0 Å². The zero-order valence-electron chi connectivity index (χ0n) is 23.2. The summed E-state index contributed by atoms with van der Waals surface area (Å²) in [4.78, 5) is 23.4. The predicted molar refractivity (Wildman–Crippen MR) is 146 cm³/mol. The average molecular weight is 519 g/mol. The van der Waals surface area contributed by atoms with Crippen molar-refractivity contribution in [2.45, 2.75) is 79.1 Å². The van der Waals surface area contributed by atoms with Crippen LogP contribution in [0.2, 0.25) is 0 Å². The van der Waals surface area contributed by atoms with E-state index in [-0.39, 0.29) is 26.4 Å². The first-order chi connectivity index (χ1) is 17.6. The molecule has 0 atom stereocenters. The van der Waals surface area contributed by atoms with Gasteiger partial charge >= 0.3 is 11.9 Å². The molecule has 208 valence electrons. The van der Waals surface area contributed by atoms with E-state index in [4.69, 9.17) is 14.2 Å². The number of carbonyl (C=O) groups excluding carboxylic acids is 2. The van der Waals surface area contributed by atoms with Crippen LogP contribution < -0.4 is 4.74 Å². The lowest BCUT2D eigenvalue weighted by atomic mass is 9.81. The van der Waals surface area contributed by atoms with Crippen LogP contribution in [0.25, 0.3) is 0 Å². The number of hydrogen-bond donors (Lipinski definition) is 2. The van der Waals surface area contributed by atoms with Crippen molar-refractivity contribution in [2.24, 2.45) is 5.41 Å². The summed E-state index contributed by atoms with van der Waals surface area (Å²) in [7, 11) is 0. The van der Waals surface area contributed by atoms with Gasteiger partial charge in [0.15, 0.2) is 0 Å². The van der Waals surface area contributed by atoms with Gasteiger partial charge in [-0.25, -0.2) is 9.59 Å². The molecule has 2 N–H and O–H groups in total. The van der Waals surface area contributed by atoms with Crippen LogP contribution in [-0.2, 0) is 31.9 Å². The molecule has 7 nitrogen and oxygen atoms in total. The molecule has 1 aromatic rings. The Morgan fingerprint density at radius 1 is 0.838 bits per heavy atom. The first-order valence-electron chi connectivity index (χ1n) is 13.2. The Labute approximate surface area is 222 Å². The highest BCUT2D eigenvalue weighted by Gasteiger charge is 2.28. The van der Waals surface area contributed by atoms with Gasteiger partial charge in [-0.2, -0.15) is 0 Å². The molecular weight excluding hydrogens is 472 g/mol. The van der Waals surface area contributed by atoms with Crippen LogP contribution in [0.15, 0.2) is 36.4 Å². The third-order valence-electron chi connectivity index (χ3n) is 6.34. The normalized spacial score (nSPS) is 11.2. The predicted octanol–water partition coefficient (Wildman–Crippen LogP) is 5.03. The molecule has 0 saturated heterocycles. The number of aryl methyl sites for hydroxylation is 3. The molecule has 1 aromatic carbocycles. The summed E-state index contributed by atoms with van der Waals surface area (Å²) in [6.07, 6.45) is 5.73. The topological polar surface area (TPSA) is 102 Å². The van der Waals surface area contributed by atoms with Crippen molar-refractivity contribution in [1.82, 2.24) is 0 Å². The van der Waals surface area contributed by atoms with Crippen molar-refractivity contribution in [2.75, 3.05) is 33.0 Å². The van der Waals surface area contributed by atoms with Crippen molar-refractivity contribution >= 4 is 11.9 Å². The summed E-state index contributed by atoms with van der Waals surface area (Å²) in [5.41, 5.74) is 3.26. The second-order valence-corrected chi connectivity index (χ2v) is 9.97. The molecule has 0 heterocycles. The number of benzene rings is 1. The van der Waals surface area contributed by atoms with E-state index >= 15 is 0 Å². The molecule has 0 spiro atoms. The van der Waals surface area contributed by atoms with Crippen LogP contribution in [0.3, 0.4) is 0 Å². The van der Waals surface area contributed by atoms with Gasteiger partial charge in [-0.1, -0.05) is 50.6 Å². The van der Waals surface area contributed by atoms with E-state index in [9.17, 15) is 19.8 Å². The number of hydrogen-bond acceptors (Lipinski definition) is 7. The van der Waals surface area contributed by atoms with E-state index in [1.54, 1.807) is 13.8 Å². The summed E-state index contributed by atoms with van der Waals surface area (Å²) in [5, 5.41) is 20.0. The number of unbranched alkanes of at least 4 members (excludes halogenated alkanes) is 1. The largest absolute Gasteiger partial charge is 0.493 e. The Hall–Kier alpha value is -2.64.